The van der Waals surface area contributed by atoms with Gasteiger partial charge in [-0.05, 0) is 36.3 Å². The van der Waals surface area contributed by atoms with Crippen LogP contribution in [-0.2, 0) is 27.2 Å². The lowest BCUT2D eigenvalue weighted by molar-refractivity contribution is -0.136. The average Bonchev–Trinajstić information content (AvgIpc) is 2.82. The van der Waals surface area contributed by atoms with Gasteiger partial charge in [-0.1, -0.05) is 94.3 Å². The Hall–Kier alpha value is -2.99. The molecule has 0 aromatic heterocycles. The van der Waals surface area contributed by atoms with E-state index in [4.69, 9.17) is 5.73 Å². The summed E-state index contributed by atoms with van der Waals surface area (Å²) in [4.78, 5) is 39.0. The Morgan fingerprint density at radius 1 is 0.824 bits per heavy atom. The second-order valence-corrected chi connectivity index (χ2v) is 9.37. The highest BCUT2D eigenvalue weighted by Gasteiger charge is 2.28. The third-order valence-corrected chi connectivity index (χ3v) is 5.83. The summed E-state index contributed by atoms with van der Waals surface area (Å²) in [6, 6.07) is 17.6. The van der Waals surface area contributed by atoms with Crippen molar-refractivity contribution in [3.05, 3.63) is 71.8 Å². The zero-order chi connectivity index (χ0) is 24.9. The Morgan fingerprint density at radius 2 is 1.38 bits per heavy atom. The number of carbonyl (C=O) groups is 3. The van der Waals surface area contributed by atoms with Gasteiger partial charge in [-0.25, -0.2) is 0 Å². The van der Waals surface area contributed by atoms with Crippen molar-refractivity contribution >= 4 is 17.7 Å². The SMILES string of the molecule is CCCCC(Cc1ccccc1)C(=O)NC(=O)[C@H](Cc1ccccc1)NC(=O)[C@@H](N)CC(C)C. The first-order valence-electron chi connectivity index (χ1n) is 12.3. The number of hydrogen-bond acceptors (Lipinski definition) is 4. The van der Waals surface area contributed by atoms with Gasteiger partial charge < -0.3 is 11.1 Å². The Bertz CT molecular complexity index is 900. The van der Waals surface area contributed by atoms with Gasteiger partial charge in [0.25, 0.3) is 0 Å². The molecular formula is C28H39N3O3. The van der Waals surface area contributed by atoms with Crippen molar-refractivity contribution in [3.8, 4) is 0 Å². The van der Waals surface area contributed by atoms with Crippen LogP contribution in [0.15, 0.2) is 60.7 Å². The maximum atomic E-state index is 13.2. The molecule has 6 nitrogen and oxygen atoms in total. The lowest BCUT2D eigenvalue weighted by atomic mass is 9.93. The molecule has 6 heteroatoms. The summed E-state index contributed by atoms with van der Waals surface area (Å²) in [6.07, 6.45) is 3.91. The number of rotatable bonds is 13. The molecule has 2 aromatic carbocycles. The van der Waals surface area contributed by atoms with Gasteiger partial charge in [0, 0.05) is 12.3 Å². The number of amides is 3. The van der Waals surface area contributed by atoms with Gasteiger partial charge in [0.15, 0.2) is 0 Å². The smallest absolute Gasteiger partial charge is 0.249 e. The number of benzene rings is 2. The van der Waals surface area contributed by atoms with Crippen LogP contribution in [0.1, 0.15) is 57.6 Å². The minimum absolute atomic E-state index is 0.251. The molecule has 2 aromatic rings. The summed E-state index contributed by atoms with van der Waals surface area (Å²) in [5.41, 5.74) is 7.98. The van der Waals surface area contributed by atoms with Gasteiger partial charge in [0.1, 0.15) is 6.04 Å². The van der Waals surface area contributed by atoms with Crippen molar-refractivity contribution in [1.82, 2.24) is 10.6 Å². The minimum atomic E-state index is -0.888. The summed E-state index contributed by atoms with van der Waals surface area (Å²) in [7, 11) is 0. The van der Waals surface area contributed by atoms with Crippen LogP contribution < -0.4 is 16.4 Å². The highest BCUT2D eigenvalue weighted by molar-refractivity contribution is 6.00. The van der Waals surface area contributed by atoms with Crippen LogP contribution in [0.5, 0.6) is 0 Å². The van der Waals surface area contributed by atoms with E-state index >= 15 is 0 Å². The van der Waals surface area contributed by atoms with Gasteiger partial charge in [0.2, 0.25) is 17.7 Å². The molecule has 0 radical (unpaired) electrons. The zero-order valence-electron chi connectivity index (χ0n) is 20.6. The molecule has 34 heavy (non-hydrogen) atoms. The molecule has 0 bridgehead atoms. The van der Waals surface area contributed by atoms with E-state index in [2.05, 4.69) is 17.6 Å². The number of hydrogen-bond donors (Lipinski definition) is 3. The molecule has 2 rings (SSSR count). The first kappa shape index (κ1) is 27.3. The van der Waals surface area contributed by atoms with Crippen LogP contribution in [-0.4, -0.2) is 29.8 Å². The molecule has 0 fully saturated rings. The van der Waals surface area contributed by atoms with Crippen LogP contribution in [0.2, 0.25) is 0 Å². The fraction of sp³-hybridized carbons (Fsp3) is 0.464. The van der Waals surface area contributed by atoms with Crippen LogP contribution in [0.25, 0.3) is 0 Å². The van der Waals surface area contributed by atoms with Gasteiger partial charge in [-0.2, -0.15) is 0 Å². The van der Waals surface area contributed by atoms with E-state index < -0.39 is 18.0 Å². The van der Waals surface area contributed by atoms with Crippen LogP contribution in [0.3, 0.4) is 0 Å². The van der Waals surface area contributed by atoms with E-state index in [9.17, 15) is 14.4 Å². The number of nitrogens with one attached hydrogen (secondary N) is 2. The molecule has 0 aliphatic rings. The monoisotopic (exact) mass is 465 g/mol. The number of unbranched alkanes of at least 4 members (excludes halogenated alkanes) is 1. The van der Waals surface area contributed by atoms with Crippen molar-refractivity contribution in [2.45, 2.75) is 71.4 Å². The standard InChI is InChI=1S/C28H39N3O3/c1-4-5-16-23(18-21-12-8-6-9-13-21)26(32)31-28(34)25(19-22-14-10-7-11-15-22)30-27(33)24(29)17-20(2)3/h6-15,20,23-25H,4-5,16-19,29H2,1-3H3,(H,30,33)(H,31,32,34)/t23?,24-,25-/m0/s1. The van der Waals surface area contributed by atoms with E-state index in [1.54, 1.807) is 0 Å². The molecule has 3 atom stereocenters. The molecule has 0 spiro atoms. The van der Waals surface area contributed by atoms with Crippen LogP contribution in [0.4, 0.5) is 0 Å². The van der Waals surface area contributed by atoms with Gasteiger partial charge in [0.05, 0.1) is 6.04 Å². The number of imide groups is 1. The summed E-state index contributed by atoms with van der Waals surface area (Å²) in [5.74, 6) is -1.26. The molecule has 1 unspecified atom stereocenters. The Morgan fingerprint density at radius 3 is 1.91 bits per heavy atom. The summed E-state index contributed by atoms with van der Waals surface area (Å²) in [6.45, 7) is 6.06. The lowest BCUT2D eigenvalue weighted by Gasteiger charge is -2.23. The van der Waals surface area contributed by atoms with E-state index in [0.717, 1.165) is 24.0 Å². The summed E-state index contributed by atoms with van der Waals surface area (Å²) in [5, 5.41) is 5.36. The highest BCUT2D eigenvalue weighted by Crippen LogP contribution is 2.16. The molecule has 0 heterocycles. The first-order chi connectivity index (χ1) is 16.3. The topological polar surface area (TPSA) is 101 Å². The molecule has 4 N–H and O–H groups in total. The third kappa shape index (κ3) is 9.48. The second kappa shape index (κ2) is 14.3. The summed E-state index contributed by atoms with van der Waals surface area (Å²) < 4.78 is 0. The lowest BCUT2D eigenvalue weighted by Crippen LogP contribution is -2.54. The Labute approximate surface area is 203 Å². The predicted octanol–water partition coefficient (Wildman–Crippen LogP) is 3.78. The zero-order valence-corrected chi connectivity index (χ0v) is 20.6. The number of nitrogens with two attached hydrogens (primary N) is 1. The van der Waals surface area contributed by atoms with Crippen LogP contribution >= 0.6 is 0 Å². The quantitative estimate of drug-likeness (QED) is 0.419. The summed E-state index contributed by atoms with van der Waals surface area (Å²) >= 11 is 0. The predicted molar refractivity (Wildman–Crippen MR) is 136 cm³/mol. The van der Waals surface area contributed by atoms with Gasteiger partial charge in [-0.3, -0.25) is 19.7 Å². The van der Waals surface area contributed by atoms with Crippen molar-refractivity contribution in [1.29, 1.82) is 0 Å². The van der Waals surface area contributed by atoms with Gasteiger partial charge >= 0.3 is 0 Å². The van der Waals surface area contributed by atoms with Gasteiger partial charge in [-0.15, -0.1) is 0 Å². The Kier molecular flexibility index (Phi) is 11.5. The van der Waals surface area contributed by atoms with Crippen molar-refractivity contribution in [3.63, 3.8) is 0 Å². The molecule has 3 amide bonds. The molecule has 0 aliphatic heterocycles. The van der Waals surface area contributed by atoms with E-state index in [0.29, 0.717) is 19.3 Å². The molecule has 0 aliphatic carbocycles. The minimum Gasteiger partial charge on any atom is -0.343 e. The second-order valence-electron chi connectivity index (χ2n) is 9.37. The molecule has 184 valence electrons. The van der Waals surface area contributed by atoms with Crippen molar-refractivity contribution in [2.24, 2.45) is 17.6 Å². The van der Waals surface area contributed by atoms with E-state index in [-0.39, 0.29) is 30.1 Å². The maximum absolute atomic E-state index is 13.2. The normalized spacial score (nSPS) is 13.7. The van der Waals surface area contributed by atoms with Crippen molar-refractivity contribution < 1.29 is 14.4 Å². The van der Waals surface area contributed by atoms with E-state index in [1.807, 2.05) is 74.5 Å². The van der Waals surface area contributed by atoms with Crippen molar-refractivity contribution in [2.75, 3.05) is 0 Å². The maximum Gasteiger partial charge on any atom is 0.249 e. The van der Waals surface area contributed by atoms with E-state index in [1.165, 1.54) is 0 Å². The fourth-order valence-electron chi connectivity index (χ4n) is 3.94. The number of carbonyl (C=O) groups excluding carboxylic acids is 3. The molecular weight excluding hydrogens is 426 g/mol. The van der Waals surface area contributed by atoms with Crippen LogP contribution in [0, 0.1) is 11.8 Å². The fourth-order valence-corrected chi connectivity index (χ4v) is 3.94. The molecule has 0 saturated heterocycles. The molecule has 0 saturated carbocycles. The highest BCUT2D eigenvalue weighted by atomic mass is 16.2. The largest absolute Gasteiger partial charge is 0.343 e. The third-order valence-electron chi connectivity index (χ3n) is 5.83. The first-order valence-corrected chi connectivity index (χ1v) is 12.3. The Balaban J connectivity index is 2.13. The average molecular weight is 466 g/mol.